The van der Waals surface area contributed by atoms with Crippen molar-refractivity contribution in [2.75, 3.05) is 0 Å². The highest BCUT2D eigenvalue weighted by Gasteiger charge is 2.46. The molecule has 4 heteroatoms. The fraction of sp³-hybridized carbons (Fsp3) is 0.786. The quantitative estimate of drug-likeness (QED) is 0.831. The van der Waals surface area contributed by atoms with Gasteiger partial charge < -0.3 is 5.32 Å². The average Bonchev–Trinajstić information content (AvgIpc) is 2.82. The van der Waals surface area contributed by atoms with Crippen LogP contribution in [-0.4, -0.2) is 21.2 Å². The van der Waals surface area contributed by atoms with Crippen molar-refractivity contribution >= 4 is 11.6 Å². The van der Waals surface area contributed by atoms with E-state index in [-0.39, 0.29) is 5.41 Å². The standard InChI is InChI=1S/C14H24ClN3/c1-5-10(2)18-7-6-11(17-18)9-16-13-8-12(15)14(13,3)4/h6-7,10,12-13,16H,5,8-9H2,1-4H3. The summed E-state index contributed by atoms with van der Waals surface area (Å²) in [6.07, 6.45) is 4.24. The van der Waals surface area contributed by atoms with Crippen LogP contribution in [0, 0.1) is 5.41 Å². The number of aromatic nitrogens is 2. The van der Waals surface area contributed by atoms with E-state index in [0.717, 1.165) is 25.1 Å². The summed E-state index contributed by atoms with van der Waals surface area (Å²) in [7, 11) is 0. The number of hydrogen-bond acceptors (Lipinski definition) is 2. The number of nitrogens with zero attached hydrogens (tertiary/aromatic N) is 2. The van der Waals surface area contributed by atoms with Crippen LogP contribution in [0.5, 0.6) is 0 Å². The van der Waals surface area contributed by atoms with Crippen LogP contribution >= 0.6 is 11.6 Å². The Morgan fingerprint density at radius 1 is 1.61 bits per heavy atom. The van der Waals surface area contributed by atoms with E-state index in [9.17, 15) is 0 Å². The Labute approximate surface area is 115 Å². The van der Waals surface area contributed by atoms with Gasteiger partial charge in [0.05, 0.1) is 5.69 Å². The molecule has 1 heterocycles. The van der Waals surface area contributed by atoms with Crippen LogP contribution in [0.2, 0.25) is 0 Å². The van der Waals surface area contributed by atoms with Crippen LogP contribution < -0.4 is 5.32 Å². The lowest BCUT2D eigenvalue weighted by molar-refractivity contribution is 0.115. The van der Waals surface area contributed by atoms with E-state index in [1.54, 1.807) is 0 Å². The lowest BCUT2D eigenvalue weighted by atomic mass is 9.67. The van der Waals surface area contributed by atoms with Gasteiger partial charge in [-0.15, -0.1) is 11.6 Å². The maximum atomic E-state index is 6.22. The SMILES string of the molecule is CCC(C)n1ccc(CNC2CC(Cl)C2(C)C)n1. The van der Waals surface area contributed by atoms with Crippen molar-refractivity contribution in [2.45, 2.75) is 64.5 Å². The van der Waals surface area contributed by atoms with Gasteiger partial charge in [-0.1, -0.05) is 20.8 Å². The molecule has 1 aliphatic carbocycles. The molecule has 1 aromatic rings. The number of rotatable bonds is 5. The van der Waals surface area contributed by atoms with E-state index < -0.39 is 0 Å². The van der Waals surface area contributed by atoms with E-state index in [2.05, 4.69) is 50.4 Å². The van der Waals surface area contributed by atoms with Crippen molar-refractivity contribution in [1.82, 2.24) is 15.1 Å². The lowest BCUT2D eigenvalue weighted by Crippen LogP contribution is -2.57. The summed E-state index contributed by atoms with van der Waals surface area (Å²) in [5.74, 6) is 0. The van der Waals surface area contributed by atoms with Crippen molar-refractivity contribution in [3.05, 3.63) is 18.0 Å². The summed E-state index contributed by atoms with van der Waals surface area (Å²) >= 11 is 6.22. The van der Waals surface area contributed by atoms with Gasteiger partial charge in [-0.3, -0.25) is 4.68 Å². The smallest absolute Gasteiger partial charge is 0.0762 e. The second kappa shape index (κ2) is 5.22. The molecule has 1 aliphatic rings. The molecule has 102 valence electrons. The average molecular weight is 270 g/mol. The van der Waals surface area contributed by atoms with Gasteiger partial charge in [0.1, 0.15) is 0 Å². The lowest BCUT2D eigenvalue weighted by Gasteiger charge is -2.49. The Balaban J connectivity index is 1.86. The molecule has 0 radical (unpaired) electrons. The third kappa shape index (κ3) is 2.57. The van der Waals surface area contributed by atoms with Crippen molar-refractivity contribution in [3.63, 3.8) is 0 Å². The van der Waals surface area contributed by atoms with Crippen molar-refractivity contribution in [3.8, 4) is 0 Å². The normalized spacial score (nSPS) is 27.8. The highest BCUT2D eigenvalue weighted by Crippen LogP contribution is 2.44. The Hall–Kier alpha value is -0.540. The van der Waals surface area contributed by atoms with Gasteiger partial charge in [0.15, 0.2) is 0 Å². The maximum absolute atomic E-state index is 6.22. The summed E-state index contributed by atoms with van der Waals surface area (Å²) in [5.41, 5.74) is 1.31. The van der Waals surface area contributed by atoms with Crippen LogP contribution in [0.3, 0.4) is 0 Å². The third-order valence-electron chi connectivity index (χ3n) is 4.38. The first-order valence-corrected chi connectivity index (χ1v) is 7.30. The number of alkyl halides is 1. The fourth-order valence-electron chi connectivity index (χ4n) is 2.35. The molecule has 0 aromatic carbocycles. The minimum Gasteiger partial charge on any atom is -0.308 e. The highest BCUT2D eigenvalue weighted by atomic mass is 35.5. The molecule has 18 heavy (non-hydrogen) atoms. The van der Waals surface area contributed by atoms with Crippen LogP contribution in [0.15, 0.2) is 12.3 Å². The van der Waals surface area contributed by atoms with Gasteiger partial charge >= 0.3 is 0 Å². The van der Waals surface area contributed by atoms with E-state index in [1.165, 1.54) is 0 Å². The molecule has 0 spiro atoms. The van der Waals surface area contributed by atoms with E-state index in [1.807, 2.05) is 4.68 Å². The topological polar surface area (TPSA) is 29.9 Å². The minimum atomic E-state index is 0.195. The Morgan fingerprint density at radius 2 is 2.33 bits per heavy atom. The van der Waals surface area contributed by atoms with Crippen LogP contribution in [0.4, 0.5) is 0 Å². The predicted octanol–water partition coefficient (Wildman–Crippen LogP) is 3.35. The van der Waals surface area contributed by atoms with Crippen LogP contribution in [0.25, 0.3) is 0 Å². The first-order chi connectivity index (χ1) is 8.45. The molecular weight excluding hydrogens is 246 g/mol. The first kappa shape index (κ1) is 13.9. The number of hydrogen-bond donors (Lipinski definition) is 1. The fourth-order valence-corrected chi connectivity index (χ4v) is 2.68. The molecule has 3 atom stereocenters. The van der Waals surface area contributed by atoms with Crippen molar-refractivity contribution in [1.29, 1.82) is 0 Å². The number of nitrogens with one attached hydrogen (secondary N) is 1. The zero-order valence-corrected chi connectivity index (χ0v) is 12.5. The van der Waals surface area contributed by atoms with E-state index >= 15 is 0 Å². The molecule has 0 aliphatic heterocycles. The molecule has 1 N–H and O–H groups in total. The summed E-state index contributed by atoms with van der Waals surface area (Å²) in [4.78, 5) is 0. The molecule has 0 bridgehead atoms. The van der Waals surface area contributed by atoms with Gasteiger partial charge in [0.2, 0.25) is 0 Å². The zero-order chi connectivity index (χ0) is 13.3. The van der Waals surface area contributed by atoms with Gasteiger partial charge in [0.25, 0.3) is 0 Å². The zero-order valence-electron chi connectivity index (χ0n) is 11.8. The molecule has 1 aromatic heterocycles. The first-order valence-electron chi connectivity index (χ1n) is 6.86. The molecule has 3 unspecified atom stereocenters. The van der Waals surface area contributed by atoms with Crippen LogP contribution in [-0.2, 0) is 6.54 Å². The minimum absolute atomic E-state index is 0.195. The van der Waals surface area contributed by atoms with Gasteiger partial charge in [-0.25, -0.2) is 0 Å². The van der Waals surface area contributed by atoms with Gasteiger partial charge in [0, 0.05) is 30.2 Å². The molecule has 3 nitrogen and oxygen atoms in total. The molecule has 0 saturated heterocycles. The molecule has 1 fully saturated rings. The maximum Gasteiger partial charge on any atom is 0.0762 e. The van der Waals surface area contributed by atoms with Crippen LogP contribution in [0.1, 0.15) is 52.3 Å². The monoisotopic (exact) mass is 269 g/mol. The molecule has 2 rings (SSSR count). The Bertz CT molecular complexity index is 399. The number of halogens is 1. The second-order valence-electron chi connectivity index (χ2n) is 6.00. The summed E-state index contributed by atoms with van der Waals surface area (Å²) in [6.45, 7) is 9.66. The Morgan fingerprint density at radius 3 is 2.89 bits per heavy atom. The summed E-state index contributed by atoms with van der Waals surface area (Å²) in [5, 5.41) is 8.46. The molecule has 1 saturated carbocycles. The summed E-state index contributed by atoms with van der Waals surface area (Å²) < 4.78 is 2.05. The largest absolute Gasteiger partial charge is 0.308 e. The van der Waals surface area contributed by atoms with Crippen molar-refractivity contribution < 1.29 is 0 Å². The van der Waals surface area contributed by atoms with Crippen molar-refractivity contribution in [2.24, 2.45) is 5.41 Å². The summed E-state index contributed by atoms with van der Waals surface area (Å²) in [6, 6.07) is 3.09. The van der Waals surface area contributed by atoms with E-state index in [0.29, 0.717) is 17.5 Å². The molecular formula is C14H24ClN3. The van der Waals surface area contributed by atoms with Gasteiger partial charge in [-0.05, 0) is 31.2 Å². The van der Waals surface area contributed by atoms with E-state index in [4.69, 9.17) is 11.6 Å². The molecule has 0 amide bonds. The highest BCUT2D eigenvalue weighted by molar-refractivity contribution is 6.21. The predicted molar refractivity (Wildman–Crippen MR) is 75.9 cm³/mol. The second-order valence-corrected chi connectivity index (χ2v) is 6.53. The van der Waals surface area contributed by atoms with Gasteiger partial charge in [-0.2, -0.15) is 5.10 Å². The third-order valence-corrected chi connectivity index (χ3v) is 5.12. The Kier molecular flexibility index (Phi) is 4.02.